The maximum Gasteiger partial charge on any atom is 0.261 e. The fourth-order valence-corrected chi connectivity index (χ4v) is 3.54. The first-order valence-electron chi connectivity index (χ1n) is 6.45. The van der Waals surface area contributed by atoms with E-state index in [-0.39, 0.29) is 4.90 Å². The van der Waals surface area contributed by atoms with Gasteiger partial charge in [-0.3, -0.25) is 4.72 Å². The van der Waals surface area contributed by atoms with E-state index in [0.717, 1.165) is 15.6 Å². The third-order valence-corrected chi connectivity index (χ3v) is 4.92. The lowest BCUT2D eigenvalue weighted by atomic mass is 10.2. The van der Waals surface area contributed by atoms with Gasteiger partial charge < -0.3 is 5.32 Å². The van der Waals surface area contributed by atoms with Crippen LogP contribution in [0.1, 0.15) is 11.1 Å². The second-order valence-corrected chi connectivity index (χ2v) is 7.34. The molecule has 6 heteroatoms. The van der Waals surface area contributed by atoms with E-state index in [4.69, 9.17) is 0 Å². The second-order valence-electron chi connectivity index (χ2n) is 4.74. The van der Waals surface area contributed by atoms with Crippen molar-refractivity contribution in [2.45, 2.75) is 18.4 Å². The summed E-state index contributed by atoms with van der Waals surface area (Å²) in [6.45, 7) is 2.57. The molecule has 0 radical (unpaired) electrons. The van der Waals surface area contributed by atoms with Gasteiger partial charge in [0.05, 0.1) is 10.6 Å². The molecule has 4 nitrogen and oxygen atoms in total. The van der Waals surface area contributed by atoms with Crippen LogP contribution in [0.3, 0.4) is 0 Å². The number of aryl methyl sites for hydroxylation is 1. The molecule has 0 aromatic heterocycles. The van der Waals surface area contributed by atoms with Crippen LogP contribution >= 0.6 is 15.9 Å². The van der Waals surface area contributed by atoms with Gasteiger partial charge in [0.15, 0.2) is 0 Å². The quantitative estimate of drug-likeness (QED) is 0.851. The fourth-order valence-electron chi connectivity index (χ4n) is 1.94. The maximum absolute atomic E-state index is 12.4. The Labute approximate surface area is 133 Å². The summed E-state index contributed by atoms with van der Waals surface area (Å²) in [5.41, 5.74) is 2.48. The molecule has 2 aromatic carbocycles. The van der Waals surface area contributed by atoms with Gasteiger partial charge in [0.1, 0.15) is 0 Å². The van der Waals surface area contributed by atoms with Crippen LogP contribution in [-0.4, -0.2) is 15.5 Å². The van der Waals surface area contributed by atoms with Gasteiger partial charge in [-0.2, -0.15) is 0 Å². The molecule has 0 saturated heterocycles. The van der Waals surface area contributed by atoms with E-state index >= 15 is 0 Å². The second kappa shape index (κ2) is 6.60. The molecular formula is C15H17BrN2O2S. The van der Waals surface area contributed by atoms with Gasteiger partial charge >= 0.3 is 0 Å². The number of halogens is 1. The van der Waals surface area contributed by atoms with Crippen molar-refractivity contribution >= 4 is 31.6 Å². The van der Waals surface area contributed by atoms with Gasteiger partial charge in [0.25, 0.3) is 10.0 Å². The highest BCUT2D eigenvalue weighted by molar-refractivity contribution is 9.10. The fraction of sp³-hybridized carbons (Fsp3) is 0.200. The van der Waals surface area contributed by atoms with Crippen molar-refractivity contribution in [2.24, 2.45) is 0 Å². The normalized spacial score (nSPS) is 11.4. The highest BCUT2D eigenvalue weighted by Gasteiger charge is 2.15. The predicted molar refractivity (Wildman–Crippen MR) is 88.9 cm³/mol. The standard InChI is InChI=1S/C15H17BrN2O2S/c1-11-9-13(16)5-8-15(11)18-21(19,20)14-6-3-12(4-7-14)10-17-2/h3-9,17-18H,10H2,1-2H3. The first kappa shape index (κ1) is 16.0. The van der Waals surface area contributed by atoms with Gasteiger partial charge in [0, 0.05) is 11.0 Å². The highest BCUT2D eigenvalue weighted by atomic mass is 79.9. The number of sulfonamides is 1. The zero-order valence-corrected chi connectivity index (χ0v) is 14.3. The molecule has 0 amide bonds. The van der Waals surface area contributed by atoms with E-state index in [1.54, 1.807) is 36.4 Å². The third kappa shape index (κ3) is 4.06. The van der Waals surface area contributed by atoms with Gasteiger partial charge in [0.2, 0.25) is 0 Å². The summed E-state index contributed by atoms with van der Waals surface area (Å²) >= 11 is 3.36. The minimum atomic E-state index is -3.57. The van der Waals surface area contributed by atoms with E-state index in [1.807, 2.05) is 20.0 Å². The van der Waals surface area contributed by atoms with E-state index in [2.05, 4.69) is 26.0 Å². The molecule has 2 N–H and O–H groups in total. The molecule has 0 bridgehead atoms. The van der Waals surface area contributed by atoms with Crippen LogP contribution in [-0.2, 0) is 16.6 Å². The molecule has 0 heterocycles. The highest BCUT2D eigenvalue weighted by Crippen LogP contribution is 2.23. The molecule has 0 unspecified atom stereocenters. The van der Waals surface area contributed by atoms with E-state index in [0.29, 0.717) is 12.2 Å². The van der Waals surface area contributed by atoms with Crippen molar-refractivity contribution in [3.8, 4) is 0 Å². The number of benzene rings is 2. The lowest BCUT2D eigenvalue weighted by Crippen LogP contribution is -2.14. The summed E-state index contributed by atoms with van der Waals surface area (Å²) in [5.74, 6) is 0. The van der Waals surface area contributed by atoms with E-state index < -0.39 is 10.0 Å². The van der Waals surface area contributed by atoms with Crippen molar-refractivity contribution < 1.29 is 8.42 Å². The van der Waals surface area contributed by atoms with Crippen LogP contribution in [0.15, 0.2) is 51.8 Å². The molecule has 21 heavy (non-hydrogen) atoms. The van der Waals surface area contributed by atoms with Crippen molar-refractivity contribution in [1.29, 1.82) is 0 Å². The Hall–Kier alpha value is -1.37. The SMILES string of the molecule is CNCc1ccc(S(=O)(=O)Nc2ccc(Br)cc2C)cc1. The Kier molecular flexibility index (Phi) is 5.03. The molecule has 0 fully saturated rings. The van der Waals surface area contributed by atoms with Crippen LogP contribution in [0.25, 0.3) is 0 Å². The lowest BCUT2D eigenvalue weighted by molar-refractivity contribution is 0.601. The Morgan fingerprint density at radius 3 is 2.33 bits per heavy atom. The average molecular weight is 369 g/mol. The number of nitrogens with one attached hydrogen (secondary N) is 2. The van der Waals surface area contributed by atoms with Crippen molar-refractivity contribution in [1.82, 2.24) is 5.32 Å². The maximum atomic E-state index is 12.4. The molecular weight excluding hydrogens is 352 g/mol. The third-order valence-electron chi connectivity index (χ3n) is 3.05. The monoisotopic (exact) mass is 368 g/mol. The van der Waals surface area contributed by atoms with Crippen molar-refractivity contribution in [2.75, 3.05) is 11.8 Å². The Bertz CT molecular complexity index is 728. The van der Waals surface area contributed by atoms with Gasteiger partial charge in [-0.25, -0.2) is 8.42 Å². The molecule has 0 aliphatic rings. The molecule has 2 aromatic rings. The van der Waals surface area contributed by atoms with Crippen molar-refractivity contribution in [3.63, 3.8) is 0 Å². The molecule has 0 spiro atoms. The van der Waals surface area contributed by atoms with Crippen LogP contribution in [0.2, 0.25) is 0 Å². The van der Waals surface area contributed by atoms with Crippen LogP contribution < -0.4 is 10.0 Å². The van der Waals surface area contributed by atoms with Crippen molar-refractivity contribution in [3.05, 3.63) is 58.1 Å². The Morgan fingerprint density at radius 1 is 1.10 bits per heavy atom. The molecule has 0 aliphatic carbocycles. The smallest absolute Gasteiger partial charge is 0.261 e. The Morgan fingerprint density at radius 2 is 1.76 bits per heavy atom. The number of anilines is 1. The number of rotatable bonds is 5. The first-order valence-corrected chi connectivity index (χ1v) is 8.72. The predicted octanol–water partition coefficient (Wildman–Crippen LogP) is 3.28. The minimum absolute atomic E-state index is 0.254. The minimum Gasteiger partial charge on any atom is -0.316 e. The van der Waals surface area contributed by atoms with Crippen LogP contribution in [0, 0.1) is 6.92 Å². The van der Waals surface area contributed by atoms with Gasteiger partial charge in [-0.05, 0) is 55.4 Å². The average Bonchev–Trinajstić information content (AvgIpc) is 2.43. The largest absolute Gasteiger partial charge is 0.316 e. The van der Waals surface area contributed by atoms with Crippen LogP contribution in [0.4, 0.5) is 5.69 Å². The molecule has 0 atom stereocenters. The summed E-state index contributed by atoms with van der Waals surface area (Å²) in [7, 11) is -1.72. The Balaban J connectivity index is 2.25. The summed E-state index contributed by atoms with van der Waals surface area (Å²) in [4.78, 5) is 0.254. The lowest BCUT2D eigenvalue weighted by Gasteiger charge is -2.11. The van der Waals surface area contributed by atoms with E-state index in [9.17, 15) is 8.42 Å². The zero-order chi connectivity index (χ0) is 15.5. The number of hydrogen-bond donors (Lipinski definition) is 2. The summed E-state index contributed by atoms with van der Waals surface area (Å²) in [5, 5.41) is 3.03. The van der Waals surface area contributed by atoms with Gasteiger partial charge in [-0.1, -0.05) is 28.1 Å². The molecule has 2 rings (SSSR count). The van der Waals surface area contributed by atoms with E-state index in [1.165, 1.54) is 0 Å². The topological polar surface area (TPSA) is 58.2 Å². The molecule has 0 saturated carbocycles. The summed E-state index contributed by atoms with van der Waals surface area (Å²) < 4.78 is 28.3. The summed E-state index contributed by atoms with van der Waals surface area (Å²) in [6, 6.07) is 12.3. The van der Waals surface area contributed by atoms with Crippen LogP contribution in [0.5, 0.6) is 0 Å². The summed E-state index contributed by atoms with van der Waals surface area (Å²) in [6.07, 6.45) is 0. The molecule has 0 aliphatic heterocycles. The van der Waals surface area contributed by atoms with Gasteiger partial charge in [-0.15, -0.1) is 0 Å². The number of hydrogen-bond acceptors (Lipinski definition) is 3. The zero-order valence-electron chi connectivity index (χ0n) is 11.9. The molecule has 112 valence electrons. The first-order chi connectivity index (χ1) is 9.92.